The lowest BCUT2D eigenvalue weighted by Crippen LogP contribution is -2.33. The minimum atomic E-state index is -0.246. The molecule has 2 aromatic rings. The molecule has 1 aromatic carbocycles. The molecule has 0 saturated carbocycles. The van der Waals surface area contributed by atoms with E-state index in [2.05, 4.69) is 5.32 Å². The Labute approximate surface area is 85.5 Å². The number of hydrogen-bond acceptors (Lipinski definition) is 1. The van der Waals surface area contributed by atoms with Crippen LogP contribution in [-0.2, 0) is 17.9 Å². The quantitative estimate of drug-likeness (QED) is 0.691. The standard InChI is InChI=1S/C11H9FN2O/c12-8-1-2-10-7(3-8)4-9-5-13-11(15)6-14(9)10/h1-4H,5-6H2,(H,13,15). The minimum Gasteiger partial charge on any atom is -0.349 e. The van der Waals surface area contributed by atoms with Gasteiger partial charge >= 0.3 is 0 Å². The van der Waals surface area contributed by atoms with Crippen molar-refractivity contribution in [3.8, 4) is 0 Å². The Kier molecular flexibility index (Phi) is 1.59. The van der Waals surface area contributed by atoms with E-state index in [0.29, 0.717) is 13.1 Å². The number of benzene rings is 1. The van der Waals surface area contributed by atoms with E-state index >= 15 is 0 Å². The van der Waals surface area contributed by atoms with E-state index in [0.717, 1.165) is 16.6 Å². The smallest absolute Gasteiger partial charge is 0.240 e. The second kappa shape index (κ2) is 2.82. The highest BCUT2D eigenvalue weighted by Gasteiger charge is 2.17. The zero-order valence-corrected chi connectivity index (χ0v) is 7.96. The average molecular weight is 204 g/mol. The molecule has 1 aliphatic heterocycles. The van der Waals surface area contributed by atoms with Crippen LogP contribution < -0.4 is 5.32 Å². The highest BCUT2D eigenvalue weighted by molar-refractivity contribution is 5.85. The molecule has 0 bridgehead atoms. The molecule has 0 radical (unpaired) electrons. The molecule has 0 saturated heterocycles. The van der Waals surface area contributed by atoms with Crippen molar-refractivity contribution in [3.63, 3.8) is 0 Å². The molecule has 2 heterocycles. The molecular formula is C11H9FN2O. The van der Waals surface area contributed by atoms with Gasteiger partial charge < -0.3 is 9.88 Å². The normalized spacial score (nSPS) is 15.1. The molecule has 0 spiro atoms. The number of nitrogens with zero attached hydrogens (tertiary/aromatic N) is 1. The summed E-state index contributed by atoms with van der Waals surface area (Å²) in [5.74, 6) is -0.242. The largest absolute Gasteiger partial charge is 0.349 e. The van der Waals surface area contributed by atoms with Crippen LogP contribution in [0.1, 0.15) is 5.69 Å². The number of nitrogens with one attached hydrogen (secondary N) is 1. The van der Waals surface area contributed by atoms with Crippen LogP contribution in [0.4, 0.5) is 4.39 Å². The van der Waals surface area contributed by atoms with Crippen molar-refractivity contribution in [2.75, 3.05) is 0 Å². The zero-order chi connectivity index (χ0) is 10.4. The van der Waals surface area contributed by atoms with Gasteiger partial charge in [-0.25, -0.2) is 4.39 Å². The second-order valence-electron chi connectivity index (χ2n) is 3.70. The first-order valence-corrected chi connectivity index (χ1v) is 4.78. The van der Waals surface area contributed by atoms with Crippen LogP contribution in [0.3, 0.4) is 0 Å². The van der Waals surface area contributed by atoms with Crippen LogP contribution in [0.2, 0.25) is 0 Å². The van der Waals surface area contributed by atoms with Crippen LogP contribution in [0.15, 0.2) is 24.3 Å². The number of carbonyl (C=O) groups excluding carboxylic acids is 1. The third-order valence-corrected chi connectivity index (χ3v) is 2.72. The van der Waals surface area contributed by atoms with Crippen LogP contribution in [0, 0.1) is 5.82 Å². The molecule has 0 fully saturated rings. The number of rotatable bonds is 0. The van der Waals surface area contributed by atoms with Crippen molar-refractivity contribution in [2.24, 2.45) is 0 Å². The fourth-order valence-corrected chi connectivity index (χ4v) is 2.02. The molecule has 0 atom stereocenters. The molecule has 3 nitrogen and oxygen atoms in total. The van der Waals surface area contributed by atoms with E-state index < -0.39 is 0 Å². The molecule has 3 rings (SSSR count). The number of fused-ring (bicyclic) bond motifs is 3. The summed E-state index contributed by atoms with van der Waals surface area (Å²) in [7, 11) is 0. The van der Waals surface area contributed by atoms with Crippen molar-refractivity contribution in [3.05, 3.63) is 35.8 Å². The third-order valence-electron chi connectivity index (χ3n) is 2.72. The van der Waals surface area contributed by atoms with E-state index in [1.165, 1.54) is 12.1 Å². The number of hydrogen-bond donors (Lipinski definition) is 1. The fourth-order valence-electron chi connectivity index (χ4n) is 2.02. The van der Waals surface area contributed by atoms with Crippen molar-refractivity contribution >= 4 is 16.8 Å². The first-order chi connectivity index (χ1) is 7.24. The molecule has 0 aliphatic carbocycles. The highest BCUT2D eigenvalue weighted by atomic mass is 19.1. The summed E-state index contributed by atoms with van der Waals surface area (Å²) in [5, 5.41) is 3.61. The highest BCUT2D eigenvalue weighted by Crippen LogP contribution is 2.22. The zero-order valence-electron chi connectivity index (χ0n) is 7.96. The number of aromatic nitrogens is 1. The monoisotopic (exact) mass is 204 g/mol. The summed E-state index contributed by atoms with van der Waals surface area (Å²) in [5.41, 5.74) is 1.94. The van der Waals surface area contributed by atoms with Crippen LogP contribution in [-0.4, -0.2) is 10.5 Å². The summed E-state index contributed by atoms with van der Waals surface area (Å²) in [6.07, 6.45) is 0. The summed E-state index contributed by atoms with van der Waals surface area (Å²) < 4.78 is 14.9. The molecule has 4 heteroatoms. The maximum Gasteiger partial charge on any atom is 0.240 e. The number of halogens is 1. The summed E-state index contributed by atoms with van der Waals surface area (Å²) in [4.78, 5) is 11.2. The Hall–Kier alpha value is -1.84. The average Bonchev–Trinajstić information content (AvgIpc) is 2.54. The van der Waals surface area contributed by atoms with E-state index in [-0.39, 0.29) is 11.7 Å². The van der Waals surface area contributed by atoms with Gasteiger partial charge in [0.15, 0.2) is 0 Å². The summed E-state index contributed by atoms with van der Waals surface area (Å²) in [6, 6.07) is 6.54. The molecule has 1 aliphatic rings. The lowest BCUT2D eigenvalue weighted by molar-refractivity contribution is -0.122. The topological polar surface area (TPSA) is 34.0 Å². The van der Waals surface area contributed by atoms with Crippen molar-refractivity contribution in [1.29, 1.82) is 0 Å². The second-order valence-corrected chi connectivity index (χ2v) is 3.70. The molecule has 1 amide bonds. The predicted molar refractivity (Wildman–Crippen MR) is 53.7 cm³/mol. The summed E-state index contributed by atoms with van der Waals surface area (Å²) >= 11 is 0. The fraction of sp³-hybridized carbons (Fsp3) is 0.182. The molecule has 0 unspecified atom stereocenters. The van der Waals surface area contributed by atoms with Gasteiger partial charge in [-0.1, -0.05) is 0 Å². The van der Waals surface area contributed by atoms with Crippen molar-refractivity contribution < 1.29 is 9.18 Å². The van der Waals surface area contributed by atoms with Gasteiger partial charge in [0.1, 0.15) is 12.4 Å². The Balaban J connectivity index is 2.28. The van der Waals surface area contributed by atoms with Gasteiger partial charge in [0.2, 0.25) is 5.91 Å². The van der Waals surface area contributed by atoms with Gasteiger partial charge in [-0.3, -0.25) is 4.79 Å². The van der Waals surface area contributed by atoms with Crippen LogP contribution >= 0.6 is 0 Å². The minimum absolute atomic E-state index is 0.00400. The first kappa shape index (κ1) is 8.47. The van der Waals surface area contributed by atoms with Crippen molar-refractivity contribution in [2.45, 2.75) is 13.1 Å². The van der Waals surface area contributed by atoms with E-state index in [4.69, 9.17) is 0 Å². The van der Waals surface area contributed by atoms with Crippen molar-refractivity contribution in [1.82, 2.24) is 9.88 Å². The Morgan fingerprint density at radius 1 is 1.33 bits per heavy atom. The Morgan fingerprint density at radius 2 is 2.20 bits per heavy atom. The lowest BCUT2D eigenvalue weighted by atomic mass is 10.2. The lowest BCUT2D eigenvalue weighted by Gasteiger charge is -2.16. The SMILES string of the molecule is O=C1Cn2c(cc3cc(F)ccc32)CN1. The molecule has 15 heavy (non-hydrogen) atoms. The van der Waals surface area contributed by atoms with Crippen LogP contribution in [0.25, 0.3) is 10.9 Å². The third kappa shape index (κ3) is 1.21. The Bertz CT molecular complexity index is 559. The molecular weight excluding hydrogens is 195 g/mol. The predicted octanol–water partition coefficient (Wildman–Crippen LogP) is 1.41. The van der Waals surface area contributed by atoms with Gasteiger partial charge in [0, 0.05) is 16.6 Å². The van der Waals surface area contributed by atoms with E-state index in [1.807, 2.05) is 10.6 Å². The van der Waals surface area contributed by atoms with E-state index in [1.54, 1.807) is 6.07 Å². The van der Waals surface area contributed by atoms with Gasteiger partial charge in [-0.15, -0.1) is 0 Å². The van der Waals surface area contributed by atoms with E-state index in [9.17, 15) is 9.18 Å². The molecule has 1 aromatic heterocycles. The molecule has 1 N–H and O–H groups in total. The van der Waals surface area contributed by atoms with Crippen LogP contribution in [0.5, 0.6) is 0 Å². The Morgan fingerprint density at radius 3 is 3.07 bits per heavy atom. The number of amides is 1. The number of carbonyl (C=O) groups is 1. The van der Waals surface area contributed by atoms with Gasteiger partial charge in [-0.05, 0) is 24.3 Å². The first-order valence-electron chi connectivity index (χ1n) is 4.78. The van der Waals surface area contributed by atoms with Gasteiger partial charge in [0.05, 0.1) is 6.54 Å². The maximum atomic E-state index is 13.0. The van der Waals surface area contributed by atoms with Gasteiger partial charge in [-0.2, -0.15) is 0 Å². The van der Waals surface area contributed by atoms with Gasteiger partial charge in [0.25, 0.3) is 0 Å². The summed E-state index contributed by atoms with van der Waals surface area (Å²) in [6.45, 7) is 0.847. The maximum absolute atomic E-state index is 13.0. The molecule has 76 valence electrons.